The van der Waals surface area contributed by atoms with Crippen LogP contribution in [-0.2, 0) is 16.5 Å². The van der Waals surface area contributed by atoms with Crippen LogP contribution in [0.3, 0.4) is 0 Å². The lowest BCUT2D eigenvalue weighted by Crippen LogP contribution is -2.06. The number of nitrogens with two attached hydrogens (primary N) is 1. The van der Waals surface area contributed by atoms with Gasteiger partial charge in [0, 0.05) is 5.69 Å². The SMILES string of the molecule is CCCc1cc(OCCCCS(=O)(=O)O)ccc1N. The van der Waals surface area contributed by atoms with Crippen LogP contribution < -0.4 is 10.5 Å². The van der Waals surface area contributed by atoms with E-state index in [9.17, 15) is 8.42 Å². The van der Waals surface area contributed by atoms with Crippen molar-refractivity contribution in [2.75, 3.05) is 18.1 Å². The first kappa shape index (κ1) is 15.8. The third-order valence-corrected chi connectivity index (χ3v) is 3.50. The molecule has 0 aromatic heterocycles. The van der Waals surface area contributed by atoms with Crippen molar-refractivity contribution >= 4 is 15.8 Å². The van der Waals surface area contributed by atoms with Crippen molar-refractivity contribution in [1.29, 1.82) is 0 Å². The average Bonchev–Trinajstić information content (AvgIpc) is 2.31. The van der Waals surface area contributed by atoms with E-state index in [2.05, 4.69) is 6.92 Å². The first-order valence-corrected chi connectivity index (χ1v) is 7.99. The van der Waals surface area contributed by atoms with Gasteiger partial charge < -0.3 is 10.5 Å². The van der Waals surface area contributed by atoms with Crippen LogP contribution in [0.15, 0.2) is 18.2 Å². The highest BCUT2D eigenvalue weighted by atomic mass is 32.2. The maximum Gasteiger partial charge on any atom is 0.264 e. The number of aryl methyl sites for hydroxylation is 1. The summed E-state index contributed by atoms with van der Waals surface area (Å²) in [4.78, 5) is 0. The van der Waals surface area contributed by atoms with Crippen LogP contribution in [0.5, 0.6) is 5.75 Å². The minimum Gasteiger partial charge on any atom is -0.494 e. The summed E-state index contributed by atoms with van der Waals surface area (Å²) in [5.74, 6) is 0.517. The Morgan fingerprint density at radius 1 is 1.32 bits per heavy atom. The van der Waals surface area contributed by atoms with Crippen LogP contribution in [0, 0.1) is 0 Å². The molecule has 1 rings (SSSR count). The molecule has 0 heterocycles. The second kappa shape index (κ2) is 7.35. The fourth-order valence-electron chi connectivity index (χ4n) is 1.73. The Bertz CT molecular complexity index is 499. The van der Waals surface area contributed by atoms with Crippen molar-refractivity contribution in [1.82, 2.24) is 0 Å². The van der Waals surface area contributed by atoms with Gasteiger partial charge >= 0.3 is 0 Å². The smallest absolute Gasteiger partial charge is 0.264 e. The lowest BCUT2D eigenvalue weighted by Gasteiger charge is -2.09. The molecule has 19 heavy (non-hydrogen) atoms. The van der Waals surface area contributed by atoms with E-state index in [1.165, 1.54) is 0 Å². The number of unbranched alkanes of at least 4 members (excludes halogenated alkanes) is 1. The molecule has 0 saturated carbocycles. The molecule has 0 aliphatic heterocycles. The lowest BCUT2D eigenvalue weighted by atomic mass is 10.1. The van der Waals surface area contributed by atoms with Crippen molar-refractivity contribution < 1.29 is 17.7 Å². The molecular formula is C13H21NO4S. The van der Waals surface area contributed by atoms with Crippen molar-refractivity contribution in [3.8, 4) is 5.75 Å². The number of benzene rings is 1. The van der Waals surface area contributed by atoms with Gasteiger partial charge in [-0.1, -0.05) is 13.3 Å². The van der Waals surface area contributed by atoms with E-state index in [1.54, 1.807) is 6.07 Å². The van der Waals surface area contributed by atoms with Crippen LogP contribution >= 0.6 is 0 Å². The predicted molar refractivity (Wildman–Crippen MR) is 76.0 cm³/mol. The molecule has 0 fully saturated rings. The highest BCUT2D eigenvalue weighted by Crippen LogP contribution is 2.21. The molecule has 5 nitrogen and oxygen atoms in total. The number of ether oxygens (including phenoxy) is 1. The minimum absolute atomic E-state index is 0.223. The Balaban J connectivity index is 2.39. The van der Waals surface area contributed by atoms with Gasteiger partial charge in [-0.3, -0.25) is 4.55 Å². The quantitative estimate of drug-likeness (QED) is 0.435. The predicted octanol–water partition coefficient (Wildman–Crippen LogP) is 2.27. The van der Waals surface area contributed by atoms with Gasteiger partial charge in [-0.25, -0.2) is 0 Å². The monoisotopic (exact) mass is 287 g/mol. The number of hydrogen-bond donors (Lipinski definition) is 2. The van der Waals surface area contributed by atoms with Gasteiger partial charge in [0.25, 0.3) is 10.1 Å². The largest absolute Gasteiger partial charge is 0.494 e. The molecule has 0 saturated heterocycles. The molecule has 0 aliphatic rings. The number of hydrogen-bond acceptors (Lipinski definition) is 4. The molecule has 0 atom stereocenters. The van der Waals surface area contributed by atoms with E-state index in [1.807, 2.05) is 12.1 Å². The molecule has 6 heteroatoms. The average molecular weight is 287 g/mol. The highest BCUT2D eigenvalue weighted by Gasteiger charge is 2.04. The summed E-state index contributed by atoms with van der Waals surface area (Å²) >= 11 is 0. The molecule has 0 amide bonds. The summed E-state index contributed by atoms with van der Waals surface area (Å²) in [7, 11) is -3.86. The zero-order valence-electron chi connectivity index (χ0n) is 11.1. The molecule has 0 spiro atoms. The standard InChI is InChI=1S/C13H21NO4S/c1-2-5-11-10-12(6-7-13(11)14)18-8-3-4-9-19(15,16)17/h6-7,10H,2-5,8-9,14H2,1H3,(H,15,16,17). The summed E-state index contributed by atoms with van der Waals surface area (Å²) < 4.78 is 35.1. The summed E-state index contributed by atoms with van der Waals surface area (Å²) in [5.41, 5.74) is 7.68. The summed E-state index contributed by atoms with van der Waals surface area (Å²) in [6.45, 7) is 2.51. The molecule has 1 aromatic rings. The second-order valence-electron chi connectivity index (χ2n) is 4.45. The molecule has 0 bridgehead atoms. The van der Waals surface area contributed by atoms with Gasteiger partial charge in [0.2, 0.25) is 0 Å². The van der Waals surface area contributed by atoms with Crippen LogP contribution in [0.25, 0.3) is 0 Å². The summed E-state index contributed by atoms with van der Waals surface area (Å²) in [6.07, 6.45) is 2.89. The third kappa shape index (κ3) is 6.45. The van der Waals surface area contributed by atoms with Gasteiger partial charge in [-0.15, -0.1) is 0 Å². The third-order valence-electron chi connectivity index (χ3n) is 2.70. The molecule has 0 aliphatic carbocycles. The van der Waals surface area contributed by atoms with Gasteiger partial charge in [-0.2, -0.15) is 8.42 Å². The number of rotatable bonds is 8. The van der Waals surface area contributed by atoms with E-state index in [0.717, 1.165) is 29.8 Å². The minimum atomic E-state index is -3.86. The second-order valence-corrected chi connectivity index (χ2v) is 6.02. The van der Waals surface area contributed by atoms with Crippen LogP contribution in [0.1, 0.15) is 31.7 Å². The Morgan fingerprint density at radius 3 is 2.68 bits per heavy atom. The zero-order valence-corrected chi connectivity index (χ0v) is 11.9. The number of nitrogen functional groups attached to an aromatic ring is 1. The van der Waals surface area contributed by atoms with E-state index in [0.29, 0.717) is 19.4 Å². The van der Waals surface area contributed by atoms with Gasteiger partial charge in [-0.05, 0) is 43.0 Å². The Hall–Kier alpha value is -1.27. The molecule has 0 unspecified atom stereocenters. The fraction of sp³-hybridized carbons (Fsp3) is 0.538. The van der Waals surface area contributed by atoms with Gasteiger partial charge in [0.1, 0.15) is 5.75 Å². The van der Waals surface area contributed by atoms with Crippen LogP contribution in [0.2, 0.25) is 0 Å². The van der Waals surface area contributed by atoms with Crippen molar-refractivity contribution in [2.45, 2.75) is 32.6 Å². The Morgan fingerprint density at radius 2 is 2.05 bits per heavy atom. The van der Waals surface area contributed by atoms with Gasteiger partial charge in [0.15, 0.2) is 0 Å². The highest BCUT2D eigenvalue weighted by molar-refractivity contribution is 7.85. The number of anilines is 1. The zero-order chi connectivity index (χ0) is 14.3. The molecule has 3 N–H and O–H groups in total. The van der Waals surface area contributed by atoms with Gasteiger partial charge in [0.05, 0.1) is 12.4 Å². The van der Waals surface area contributed by atoms with E-state index in [4.69, 9.17) is 15.0 Å². The molecule has 0 radical (unpaired) electrons. The van der Waals surface area contributed by atoms with Crippen molar-refractivity contribution in [2.24, 2.45) is 0 Å². The van der Waals surface area contributed by atoms with E-state index < -0.39 is 10.1 Å². The molecule has 1 aromatic carbocycles. The van der Waals surface area contributed by atoms with Crippen LogP contribution in [-0.4, -0.2) is 25.3 Å². The Kier molecular flexibility index (Phi) is 6.11. The summed E-state index contributed by atoms with van der Waals surface area (Å²) in [5, 5.41) is 0. The van der Waals surface area contributed by atoms with E-state index >= 15 is 0 Å². The first-order valence-electron chi connectivity index (χ1n) is 6.38. The summed E-state index contributed by atoms with van der Waals surface area (Å²) in [6, 6.07) is 5.54. The van der Waals surface area contributed by atoms with E-state index in [-0.39, 0.29) is 5.75 Å². The van der Waals surface area contributed by atoms with Crippen LogP contribution in [0.4, 0.5) is 5.69 Å². The Labute approximate surface area is 114 Å². The first-order chi connectivity index (χ1) is 8.92. The lowest BCUT2D eigenvalue weighted by molar-refractivity contribution is 0.309. The maximum atomic E-state index is 10.5. The molecular weight excluding hydrogens is 266 g/mol. The van der Waals surface area contributed by atoms with Crippen molar-refractivity contribution in [3.05, 3.63) is 23.8 Å². The topological polar surface area (TPSA) is 89.6 Å². The molecule has 108 valence electrons. The van der Waals surface area contributed by atoms with Crippen molar-refractivity contribution in [3.63, 3.8) is 0 Å². The maximum absolute atomic E-state index is 10.5. The fourth-order valence-corrected chi connectivity index (χ4v) is 2.30. The normalized spacial score (nSPS) is 11.5.